The molecule has 0 unspecified atom stereocenters. The lowest BCUT2D eigenvalue weighted by Crippen LogP contribution is -2.25. The first-order valence-electron chi connectivity index (χ1n) is 14.0. The van der Waals surface area contributed by atoms with E-state index in [0.717, 1.165) is 22.6 Å². The minimum absolute atomic E-state index is 0.120. The summed E-state index contributed by atoms with van der Waals surface area (Å²) in [4.78, 5) is 36.4. The van der Waals surface area contributed by atoms with E-state index in [9.17, 15) is 19.8 Å². The van der Waals surface area contributed by atoms with Crippen LogP contribution in [0.1, 0.15) is 43.0 Å². The molecule has 4 aromatic rings. The first kappa shape index (κ1) is 29.8. The predicted molar refractivity (Wildman–Crippen MR) is 171 cm³/mol. The number of hydrogen-bond donors (Lipinski definition) is 4. The standard InChI is InChI=1S/C34H32N4O6/c1-43-23-7-3-21(4-8-23)19-35-15-17-37-25-11-12-26(38-18-16-36-20-22-5-9-24(44-2)10-6-22)30-29(25)33(41)31-27(39)13-14-28(40)32(31)34(30)42/h3-14,19-20,37-40H,15-18H2,1-2H3. The lowest BCUT2D eigenvalue weighted by atomic mass is 9.81. The number of phenolic OH excluding ortho intramolecular Hbond substituents is 2. The summed E-state index contributed by atoms with van der Waals surface area (Å²) < 4.78 is 10.3. The van der Waals surface area contributed by atoms with E-state index >= 15 is 0 Å². The van der Waals surface area contributed by atoms with Crippen molar-refractivity contribution in [2.45, 2.75) is 0 Å². The number of rotatable bonds is 12. The van der Waals surface area contributed by atoms with E-state index in [4.69, 9.17) is 9.47 Å². The van der Waals surface area contributed by atoms with E-state index in [-0.39, 0.29) is 33.8 Å². The van der Waals surface area contributed by atoms with E-state index in [1.165, 1.54) is 12.1 Å². The molecule has 0 atom stereocenters. The zero-order valence-electron chi connectivity index (χ0n) is 24.3. The highest BCUT2D eigenvalue weighted by molar-refractivity contribution is 6.33. The molecular formula is C34H32N4O6. The Balaban J connectivity index is 1.34. The Labute approximate surface area is 254 Å². The van der Waals surface area contributed by atoms with Gasteiger partial charge in [0.15, 0.2) is 0 Å². The molecule has 5 rings (SSSR count). The fraction of sp³-hybridized carbons (Fsp3) is 0.176. The molecule has 44 heavy (non-hydrogen) atoms. The lowest BCUT2D eigenvalue weighted by molar-refractivity contribution is 0.0975. The van der Waals surface area contributed by atoms with Crippen molar-refractivity contribution in [3.05, 3.63) is 106 Å². The number of nitrogens with zero attached hydrogens (tertiary/aromatic N) is 2. The van der Waals surface area contributed by atoms with E-state index in [1.54, 1.807) is 38.8 Å². The maximum absolute atomic E-state index is 13.7. The summed E-state index contributed by atoms with van der Waals surface area (Å²) in [5.41, 5.74) is 2.49. The normalized spacial score (nSPS) is 12.3. The minimum Gasteiger partial charge on any atom is -0.507 e. The second-order valence-corrected chi connectivity index (χ2v) is 9.89. The van der Waals surface area contributed by atoms with Crippen molar-refractivity contribution in [1.82, 2.24) is 0 Å². The molecule has 0 saturated heterocycles. The number of aromatic hydroxyl groups is 2. The molecule has 10 heteroatoms. The number of fused-ring (bicyclic) bond motifs is 2. The summed E-state index contributed by atoms with van der Waals surface area (Å²) in [5, 5.41) is 27.4. The predicted octanol–water partition coefficient (Wildman–Crippen LogP) is 4.95. The van der Waals surface area contributed by atoms with Gasteiger partial charge in [0.25, 0.3) is 0 Å². The van der Waals surface area contributed by atoms with E-state index in [2.05, 4.69) is 20.6 Å². The third kappa shape index (κ3) is 6.39. The molecule has 0 radical (unpaired) electrons. The van der Waals surface area contributed by atoms with Crippen LogP contribution in [0.2, 0.25) is 0 Å². The number of benzene rings is 4. The first-order valence-corrected chi connectivity index (χ1v) is 14.0. The van der Waals surface area contributed by atoms with Crippen LogP contribution in [0.25, 0.3) is 0 Å². The number of anilines is 2. The van der Waals surface area contributed by atoms with Crippen LogP contribution in [0.15, 0.2) is 82.8 Å². The van der Waals surface area contributed by atoms with Crippen molar-refractivity contribution in [1.29, 1.82) is 0 Å². The molecule has 0 bridgehead atoms. The van der Waals surface area contributed by atoms with Gasteiger partial charge in [0, 0.05) is 36.9 Å². The number of nitrogens with one attached hydrogen (secondary N) is 2. The number of phenols is 2. The van der Waals surface area contributed by atoms with Crippen LogP contribution in [0, 0.1) is 0 Å². The van der Waals surface area contributed by atoms with Crippen LogP contribution < -0.4 is 20.1 Å². The number of carbonyl (C=O) groups excluding carboxylic acids is 2. The molecule has 4 aromatic carbocycles. The highest BCUT2D eigenvalue weighted by Crippen LogP contribution is 2.42. The second kappa shape index (κ2) is 13.6. The van der Waals surface area contributed by atoms with Gasteiger partial charge in [-0.1, -0.05) is 0 Å². The Bertz CT molecular complexity index is 1600. The minimum atomic E-state index is -0.562. The number of aliphatic imine (C=N–C) groups is 2. The van der Waals surface area contributed by atoms with Crippen LogP contribution in [-0.4, -0.2) is 74.6 Å². The average molecular weight is 593 g/mol. The van der Waals surface area contributed by atoms with Crippen molar-refractivity contribution in [3.63, 3.8) is 0 Å². The molecule has 4 N–H and O–H groups in total. The average Bonchev–Trinajstić information content (AvgIpc) is 3.05. The van der Waals surface area contributed by atoms with Gasteiger partial charge in [-0.2, -0.15) is 0 Å². The van der Waals surface area contributed by atoms with Gasteiger partial charge in [-0.3, -0.25) is 19.6 Å². The van der Waals surface area contributed by atoms with Gasteiger partial charge < -0.3 is 30.3 Å². The molecule has 0 aromatic heterocycles. The number of carbonyl (C=O) groups is 2. The molecule has 0 spiro atoms. The Morgan fingerprint density at radius 1 is 0.591 bits per heavy atom. The van der Waals surface area contributed by atoms with Gasteiger partial charge in [0.2, 0.25) is 11.6 Å². The molecule has 224 valence electrons. The monoisotopic (exact) mass is 592 g/mol. The Morgan fingerprint density at radius 3 is 1.34 bits per heavy atom. The number of ether oxygens (including phenoxy) is 2. The zero-order chi connectivity index (χ0) is 31.1. The number of ketones is 2. The van der Waals surface area contributed by atoms with Crippen molar-refractivity contribution in [2.75, 3.05) is 51.0 Å². The van der Waals surface area contributed by atoms with E-state index < -0.39 is 11.6 Å². The molecule has 0 fully saturated rings. The molecular weight excluding hydrogens is 560 g/mol. The number of hydrogen-bond acceptors (Lipinski definition) is 10. The third-order valence-corrected chi connectivity index (χ3v) is 7.10. The van der Waals surface area contributed by atoms with Crippen molar-refractivity contribution >= 4 is 35.4 Å². The van der Waals surface area contributed by atoms with Crippen molar-refractivity contribution in [3.8, 4) is 23.0 Å². The maximum atomic E-state index is 13.7. The van der Waals surface area contributed by atoms with Gasteiger partial charge in [-0.25, -0.2) is 0 Å². The Morgan fingerprint density at radius 2 is 0.977 bits per heavy atom. The topological polar surface area (TPSA) is 142 Å². The summed E-state index contributed by atoms with van der Waals surface area (Å²) in [5.74, 6) is -0.353. The van der Waals surface area contributed by atoms with Crippen LogP contribution in [-0.2, 0) is 0 Å². The highest BCUT2D eigenvalue weighted by Gasteiger charge is 2.37. The van der Waals surface area contributed by atoms with Crippen LogP contribution in [0.4, 0.5) is 11.4 Å². The molecule has 10 nitrogen and oxygen atoms in total. The van der Waals surface area contributed by atoms with Crippen LogP contribution >= 0.6 is 0 Å². The van der Waals surface area contributed by atoms with Gasteiger partial charge in [-0.05, 0) is 83.9 Å². The van der Waals surface area contributed by atoms with E-state index in [1.807, 2.05) is 48.5 Å². The van der Waals surface area contributed by atoms with Crippen molar-refractivity contribution < 1.29 is 29.3 Å². The molecule has 0 heterocycles. The maximum Gasteiger partial charge on any atom is 0.200 e. The van der Waals surface area contributed by atoms with Gasteiger partial charge in [0.05, 0.1) is 49.6 Å². The Hall–Kier alpha value is -5.64. The fourth-order valence-corrected chi connectivity index (χ4v) is 4.89. The SMILES string of the molecule is COc1ccc(C=NCCNc2ccc(NCCN=Cc3ccc(OC)cc3)c3c2C(=O)c2c(O)ccc(O)c2C3=O)cc1. The number of methoxy groups -OCH3 is 2. The molecule has 0 amide bonds. The quantitative estimate of drug-likeness (QED) is 0.0906. The Kier molecular flexibility index (Phi) is 9.19. The molecule has 0 aliphatic heterocycles. The molecule has 1 aliphatic carbocycles. The van der Waals surface area contributed by atoms with Crippen LogP contribution in [0.5, 0.6) is 23.0 Å². The zero-order valence-corrected chi connectivity index (χ0v) is 24.3. The van der Waals surface area contributed by atoms with Gasteiger partial charge in [0.1, 0.15) is 23.0 Å². The summed E-state index contributed by atoms with van der Waals surface area (Å²) in [7, 11) is 3.22. The second-order valence-electron chi connectivity index (χ2n) is 9.89. The lowest BCUT2D eigenvalue weighted by Gasteiger charge is -2.24. The summed E-state index contributed by atoms with van der Waals surface area (Å²) >= 11 is 0. The highest BCUT2D eigenvalue weighted by atomic mass is 16.5. The molecule has 1 aliphatic rings. The smallest absolute Gasteiger partial charge is 0.200 e. The van der Waals surface area contributed by atoms with E-state index in [0.29, 0.717) is 37.6 Å². The van der Waals surface area contributed by atoms with Crippen molar-refractivity contribution in [2.24, 2.45) is 9.98 Å². The first-order chi connectivity index (χ1) is 21.4. The third-order valence-electron chi connectivity index (χ3n) is 7.10. The summed E-state index contributed by atoms with van der Waals surface area (Å²) in [6, 6.07) is 20.8. The molecule has 0 saturated carbocycles. The fourth-order valence-electron chi connectivity index (χ4n) is 4.89. The summed E-state index contributed by atoms with van der Waals surface area (Å²) in [6.45, 7) is 1.56. The summed E-state index contributed by atoms with van der Waals surface area (Å²) in [6.07, 6.45) is 3.49. The van der Waals surface area contributed by atoms with Crippen LogP contribution in [0.3, 0.4) is 0 Å². The van der Waals surface area contributed by atoms with Gasteiger partial charge in [-0.15, -0.1) is 0 Å². The van der Waals surface area contributed by atoms with Gasteiger partial charge >= 0.3 is 0 Å². The largest absolute Gasteiger partial charge is 0.507 e.